The lowest BCUT2D eigenvalue weighted by Gasteiger charge is -2.35. The van der Waals surface area contributed by atoms with E-state index in [0.717, 1.165) is 16.9 Å². The molecule has 1 saturated heterocycles. The minimum atomic E-state index is -0.171. The van der Waals surface area contributed by atoms with Crippen LogP contribution in [0.15, 0.2) is 23.3 Å². The van der Waals surface area contributed by atoms with Crippen molar-refractivity contribution in [3.05, 3.63) is 29.3 Å². The number of carbonyl (C=O) groups is 3. The van der Waals surface area contributed by atoms with Gasteiger partial charge in [-0.05, 0) is 24.1 Å². The highest BCUT2D eigenvalue weighted by molar-refractivity contribution is 6.39. The van der Waals surface area contributed by atoms with Crippen molar-refractivity contribution in [1.29, 1.82) is 0 Å². The lowest BCUT2D eigenvalue weighted by atomic mass is 10.1. The monoisotopic (exact) mass is 372 g/mol. The van der Waals surface area contributed by atoms with Gasteiger partial charge in [0.1, 0.15) is 11.5 Å². The van der Waals surface area contributed by atoms with Gasteiger partial charge in [0, 0.05) is 39.0 Å². The average Bonchev–Trinajstić information content (AvgIpc) is 2.68. The summed E-state index contributed by atoms with van der Waals surface area (Å²) >= 11 is 0. The van der Waals surface area contributed by atoms with Gasteiger partial charge in [-0.2, -0.15) is 5.10 Å². The molecule has 144 valence electrons. The zero-order valence-corrected chi connectivity index (χ0v) is 15.7. The number of aryl methyl sites for hydroxylation is 1. The number of hydrogen-bond acceptors (Lipinski definition) is 5. The zero-order chi connectivity index (χ0) is 19.4. The van der Waals surface area contributed by atoms with Crippen LogP contribution in [0.4, 0.5) is 0 Å². The van der Waals surface area contributed by atoms with E-state index in [1.807, 2.05) is 25.1 Å². The number of nitrogens with zero attached hydrogens (tertiary/aromatic N) is 3. The molecule has 0 radical (unpaired) electrons. The molecule has 0 aromatic heterocycles. The van der Waals surface area contributed by atoms with Gasteiger partial charge >= 0.3 is 0 Å². The Bertz CT molecular complexity index is 782. The second-order valence-corrected chi connectivity index (χ2v) is 6.75. The second kappa shape index (κ2) is 8.20. The number of nitrogens with one attached hydrogen (secondary N) is 1. The van der Waals surface area contributed by atoms with Crippen LogP contribution in [0.2, 0.25) is 0 Å². The first kappa shape index (κ1) is 18.9. The van der Waals surface area contributed by atoms with Crippen LogP contribution in [-0.4, -0.2) is 66.5 Å². The summed E-state index contributed by atoms with van der Waals surface area (Å²) in [5.74, 6) is 0.526. The highest BCUT2D eigenvalue weighted by Gasteiger charge is 2.28. The molecular formula is C19H24N4O4. The van der Waals surface area contributed by atoms with Crippen molar-refractivity contribution in [2.45, 2.75) is 26.2 Å². The maximum absolute atomic E-state index is 12.6. The Morgan fingerprint density at radius 1 is 1.15 bits per heavy atom. The molecule has 8 heteroatoms. The molecule has 1 aromatic carbocycles. The third kappa shape index (κ3) is 4.45. The van der Waals surface area contributed by atoms with Crippen molar-refractivity contribution in [3.8, 4) is 5.75 Å². The van der Waals surface area contributed by atoms with Crippen molar-refractivity contribution in [2.75, 3.05) is 33.3 Å². The Morgan fingerprint density at radius 3 is 2.44 bits per heavy atom. The summed E-state index contributed by atoms with van der Waals surface area (Å²) in [5, 5.41) is 3.85. The van der Waals surface area contributed by atoms with Gasteiger partial charge in [0.15, 0.2) is 0 Å². The standard InChI is InChI=1S/C19H24N4O4/c1-13-11-14(3-5-16(13)27-2)12-18(25)22-7-9-23(10-8-22)19(26)15-4-6-17(24)21-20-15/h3,5,11H,4,6-10,12H2,1-2H3,(H,21,24). The van der Waals surface area contributed by atoms with Gasteiger partial charge in [0.25, 0.3) is 5.91 Å². The molecule has 0 aliphatic carbocycles. The zero-order valence-electron chi connectivity index (χ0n) is 15.7. The lowest BCUT2D eigenvalue weighted by molar-refractivity contribution is -0.136. The normalized spacial score (nSPS) is 17.3. The largest absolute Gasteiger partial charge is 0.496 e. The molecule has 3 amide bonds. The van der Waals surface area contributed by atoms with E-state index in [2.05, 4.69) is 10.5 Å². The van der Waals surface area contributed by atoms with Gasteiger partial charge in [-0.3, -0.25) is 14.4 Å². The van der Waals surface area contributed by atoms with Gasteiger partial charge in [0.05, 0.1) is 13.5 Å². The van der Waals surface area contributed by atoms with E-state index in [1.54, 1.807) is 16.9 Å². The summed E-state index contributed by atoms with van der Waals surface area (Å²) < 4.78 is 5.25. The van der Waals surface area contributed by atoms with Crippen LogP contribution in [0, 0.1) is 6.92 Å². The highest BCUT2D eigenvalue weighted by atomic mass is 16.5. The molecule has 2 heterocycles. The van der Waals surface area contributed by atoms with E-state index in [-0.39, 0.29) is 24.1 Å². The van der Waals surface area contributed by atoms with Crippen molar-refractivity contribution in [2.24, 2.45) is 5.10 Å². The van der Waals surface area contributed by atoms with E-state index in [4.69, 9.17) is 4.74 Å². The fourth-order valence-electron chi connectivity index (χ4n) is 3.31. The number of ether oxygens (including phenoxy) is 1. The maximum atomic E-state index is 12.6. The summed E-state index contributed by atoms with van der Waals surface area (Å²) in [4.78, 5) is 39.6. The second-order valence-electron chi connectivity index (χ2n) is 6.75. The van der Waals surface area contributed by atoms with E-state index >= 15 is 0 Å². The molecule has 1 N–H and O–H groups in total. The molecule has 2 aliphatic rings. The average molecular weight is 372 g/mol. The molecule has 8 nitrogen and oxygen atoms in total. The smallest absolute Gasteiger partial charge is 0.270 e. The first-order chi connectivity index (χ1) is 13.0. The molecule has 0 saturated carbocycles. The number of hydrazone groups is 1. The van der Waals surface area contributed by atoms with Crippen molar-refractivity contribution >= 4 is 23.4 Å². The summed E-state index contributed by atoms with van der Waals surface area (Å²) in [6.45, 7) is 3.89. The van der Waals surface area contributed by atoms with Crippen LogP contribution in [0.1, 0.15) is 24.0 Å². The summed E-state index contributed by atoms with van der Waals surface area (Å²) in [5.41, 5.74) is 4.67. The molecule has 2 aliphatic heterocycles. The van der Waals surface area contributed by atoms with Gasteiger partial charge < -0.3 is 14.5 Å². The van der Waals surface area contributed by atoms with E-state index in [1.165, 1.54) is 0 Å². The Kier molecular flexibility index (Phi) is 5.73. The van der Waals surface area contributed by atoms with Crippen molar-refractivity contribution in [1.82, 2.24) is 15.2 Å². The molecule has 0 unspecified atom stereocenters. The Balaban J connectivity index is 1.52. The van der Waals surface area contributed by atoms with E-state index < -0.39 is 0 Å². The first-order valence-corrected chi connectivity index (χ1v) is 9.04. The number of methoxy groups -OCH3 is 1. The first-order valence-electron chi connectivity index (χ1n) is 9.04. The van der Waals surface area contributed by atoms with Crippen LogP contribution in [-0.2, 0) is 20.8 Å². The van der Waals surface area contributed by atoms with E-state index in [9.17, 15) is 14.4 Å². The third-order valence-corrected chi connectivity index (χ3v) is 4.89. The number of hydrogen-bond donors (Lipinski definition) is 1. The predicted molar refractivity (Wildman–Crippen MR) is 99.4 cm³/mol. The van der Waals surface area contributed by atoms with Gasteiger partial charge in [-0.15, -0.1) is 0 Å². The summed E-state index contributed by atoms with van der Waals surface area (Å²) in [6.07, 6.45) is 0.975. The molecule has 27 heavy (non-hydrogen) atoms. The van der Waals surface area contributed by atoms with E-state index in [0.29, 0.717) is 44.7 Å². The maximum Gasteiger partial charge on any atom is 0.270 e. The number of carbonyl (C=O) groups excluding carboxylic acids is 3. The van der Waals surface area contributed by atoms with Crippen molar-refractivity contribution in [3.63, 3.8) is 0 Å². The van der Waals surface area contributed by atoms with Crippen LogP contribution in [0.5, 0.6) is 5.75 Å². The van der Waals surface area contributed by atoms with Gasteiger partial charge in [-0.1, -0.05) is 12.1 Å². The van der Waals surface area contributed by atoms with Crippen LogP contribution in [0.3, 0.4) is 0 Å². The lowest BCUT2D eigenvalue weighted by Crippen LogP contribution is -2.53. The van der Waals surface area contributed by atoms with Crippen LogP contribution >= 0.6 is 0 Å². The van der Waals surface area contributed by atoms with Gasteiger partial charge in [-0.25, -0.2) is 5.43 Å². The molecular weight excluding hydrogens is 348 g/mol. The fourth-order valence-corrected chi connectivity index (χ4v) is 3.31. The van der Waals surface area contributed by atoms with Crippen LogP contribution in [0.25, 0.3) is 0 Å². The number of amides is 3. The molecule has 1 fully saturated rings. The molecule has 1 aromatic rings. The third-order valence-electron chi connectivity index (χ3n) is 4.89. The predicted octanol–water partition coefficient (Wildman–Crippen LogP) is 0.483. The highest BCUT2D eigenvalue weighted by Crippen LogP contribution is 2.19. The number of rotatable bonds is 4. The van der Waals surface area contributed by atoms with Gasteiger partial charge in [0.2, 0.25) is 11.8 Å². The number of benzene rings is 1. The molecule has 0 bridgehead atoms. The molecule has 0 atom stereocenters. The topological polar surface area (TPSA) is 91.3 Å². The molecule has 3 rings (SSSR count). The molecule has 0 spiro atoms. The Labute approximate surface area is 158 Å². The van der Waals surface area contributed by atoms with Crippen LogP contribution < -0.4 is 10.2 Å². The summed E-state index contributed by atoms with van der Waals surface area (Å²) in [6, 6.07) is 5.74. The minimum Gasteiger partial charge on any atom is -0.496 e. The number of piperazine rings is 1. The quantitative estimate of drug-likeness (QED) is 0.832. The van der Waals surface area contributed by atoms with Crippen molar-refractivity contribution < 1.29 is 19.1 Å². The fraction of sp³-hybridized carbons (Fsp3) is 0.474. The summed E-state index contributed by atoms with van der Waals surface area (Å²) in [7, 11) is 1.63. The SMILES string of the molecule is COc1ccc(CC(=O)N2CCN(C(=O)C3=NNC(=O)CC3)CC2)cc1C. The Hall–Kier alpha value is -2.90. The Morgan fingerprint density at radius 2 is 1.85 bits per heavy atom. The minimum absolute atomic E-state index is 0.0499.